The number of amides is 7. The summed E-state index contributed by atoms with van der Waals surface area (Å²) >= 11 is 6.67. The van der Waals surface area contributed by atoms with E-state index in [1.807, 2.05) is 58.0 Å². The molecule has 8 rings (SSSR count). The van der Waals surface area contributed by atoms with Gasteiger partial charge in [-0.25, -0.2) is 14.6 Å². The number of anilines is 3. The number of pyridine rings is 1. The first kappa shape index (κ1) is 62.3. The number of carbonyl (C=O) groups is 8. The summed E-state index contributed by atoms with van der Waals surface area (Å²) in [6.07, 6.45) is 4.24. The van der Waals surface area contributed by atoms with Gasteiger partial charge in [0.15, 0.2) is 5.78 Å². The van der Waals surface area contributed by atoms with Gasteiger partial charge >= 0.3 is 12.2 Å². The Kier molecular flexibility index (Phi) is 20.7. The van der Waals surface area contributed by atoms with E-state index in [-0.39, 0.29) is 125 Å². The number of imide groups is 1. The number of fused-ring (bicyclic) bond motifs is 4. The lowest BCUT2D eigenvalue weighted by atomic mass is 9.92. The number of phenolic OH excluding ortho intramolecular Hbond substituents is 1. The van der Waals surface area contributed by atoms with Crippen LogP contribution in [0.5, 0.6) is 11.5 Å². The van der Waals surface area contributed by atoms with Crippen molar-refractivity contribution < 1.29 is 62.4 Å². The Bertz CT molecular complexity index is 3470. The first-order valence-electron chi connectivity index (χ1n) is 27.9. The fourth-order valence-electron chi connectivity index (χ4n) is 10.3. The molecule has 0 fully saturated rings. The van der Waals surface area contributed by atoms with Gasteiger partial charge in [0.25, 0.3) is 23.6 Å². The van der Waals surface area contributed by atoms with Crippen LogP contribution in [0, 0.1) is 18.8 Å². The van der Waals surface area contributed by atoms with Gasteiger partial charge in [-0.2, -0.15) is 0 Å². The molecule has 7 amide bonds. The third-order valence-corrected chi connectivity index (χ3v) is 15.1. The summed E-state index contributed by atoms with van der Waals surface area (Å²) in [4.78, 5) is 117. The van der Waals surface area contributed by atoms with E-state index in [1.54, 1.807) is 71.1 Å². The Labute approximate surface area is 497 Å². The number of hydrogen-bond acceptors (Lipinski definition) is 15. The average Bonchev–Trinajstić information content (AvgIpc) is 2.15. The summed E-state index contributed by atoms with van der Waals surface area (Å²) in [6.45, 7) is 8.13. The van der Waals surface area contributed by atoms with Crippen molar-refractivity contribution in [2.24, 2.45) is 11.8 Å². The van der Waals surface area contributed by atoms with Gasteiger partial charge in [0.2, 0.25) is 5.91 Å². The molecule has 23 heteroatoms. The second kappa shape index (κ2) is 28.3. The molecule has 3 N–H and O–H groups in total. The van der Waals surface area contributed by atoms with Crippen LogP contribution in [-0.4, -0.2) is 174 Å². The first-order valence-corrected chi connectivity index (χ1v) is 28.4. The standard InChI is InChI=1S/C62H70ClN9O13/c1-38(2)57(67(5)6)50(74)31-40(4)58(77)64-44-15-11-41(12-16-44)37-84-61(80)68(7)23-24-69(25-27-82-29-30-83-28-26-71-53(75)21-22-54(71)76)62(81)85-51-32-49-56(55-39(3)9-8-10-47(51)55)43(33-63)34-72(49)60(79)48-36-70-35-45(17-20-52(70)66-48)65-59(78)42-13-18-46(73)19-14-42/h8-22,32,35-36,38,40,43,57,73H,23-31,33-34,37H2,1-7H3,(H,64,77)(H,65,78)/t40-,43-,57+/m1/s1. The number of aryl methyl sites for hydroxylation is 1. The van der Waals surface area contributed by atoms with Crippen LogP contribution >= 0.6 is 11.6 Å². The normalized spacial score (nSPS) is 14.5. The molecule has 4 heterocycles. The van der Waals surface area contributed by atoms with Crippen LogP contribution in [0.2, 0.25) is 0 Å². The van der Waals surface area contributed by atoms with Crippen molar-refractivity contribution in [1.29, 1.82) is 0 Å². The number of carbonyl (C=O) groups excluding carboxylic acids is 8. The fourth-order valence-corrected chi connectivity index (χ4v) is 10.6. The van der Waals surface area contributed by atoms with Crippen molar-refractivity contribution in [2.75, 3.05) is 102 Å². The van der Waals surface area contributed by atoms with Crippen molar-refractivity contribution in [1.82, 2.24) is 29.0 Å². The van der Waals surface area contributed by atoms with E-state index in [2.05, 4.69) is 15.6 Å². The summed E-state index contributed by atoms with van der Waals surface area (Å²) in [7, 11) is 5.23. The monoisotopic (exact) mass is 1180 g/mol. The van der Waals surface area contributed by atoms with Crippen molar-refractivity contribution >= 4 is 92.6 Å². The van der Waals surface area contributed by atoms with Gasteiger partial charge in [-0.15, -0.1) is 11.6 Å². The number of ketones is 1. The van der Waals surface area contributed by atoms with Crippen molar-refractivity contribution in [3.8, 4) is 11.5 Å². The molecule has 0 unspecified atom stereocenters. The number of nitrogens with one attached hydrogen (secondary N) is 2. The molecule has 0 saturated carbocycles. The SMILES string of the molecule is Cc1cccc2c(OC(=O)N(CCOCCOCCN3C(=O)C=CC3=O)CCN(C)C(=O)OCc3ccc(NC(=O)[C@H](C)CC(=O)[C@H](C(C)C)N(C)C)cc3)cc3c(c12)[C@H](CCl)CN3C(=O)c1cn2cc(NC(=O)c3ccc(O)cc3)ccc2n1. The number of ether oxygens (including phenoxy) is 4. The van der Waals surface area contributed by atoms with Gasteiger partial charge < -0.3 is 53.8 Å². The number of alkyl halides is 1. The lowest BCUT2D eigenvalue weighted by molar-refractivity contribution is -0.137. The van der Waals surface area contributed by atoms with Crippen LogP contribution in [0.1, 0.15) is 70.6 Å². The Balaban J connectivity index is 0.940. The molecule has 4 aromatic carbocycles. The molecule has 2 aromatic heterocycles. The number of Topliss-reactive ketones (excluding diaryl/α,β-unsaturated/α-hetero) is 1. The predicted molar refractivity (Wildman–Crippen MR) is 319 cm³/mol. The molecule has 2 aliphatic heterocycles. The van der Waals surface area contributed by atoms with Gasteiger partial charge in [-0.1, -0.05) is 51.1 Å². The maximum Gasteiger partial charge on any atom is 0.415 e. The molecule has 0 spiro atoms. The highest BCUT2D eigenvalue weighted by molar-refractivity contribution is 6.19. The zero-order chi connectivity index (χ0) is 61.1. The molecule has 85 heavy (non-hydrogen) atoms. The lowest BCUT2D eigenvalue weighted by Gasteiger charge is -2.27. The summed E-state index contributed by atoms with van der Waals surface area (Å²) < 4.78 is 25.0. The molecule has 0 aliphatic carbocycles. The van der Waals surface area contributed by atoms with Crippen LogP contribution < -0.4 is 20.3 Å². The van der Waals surface area contributed by atoms with Crippen molar-refractivity contribution in [3.63, 3.8) is 0 Å². The number of hydrogen-bond donors (Lipinski definition) is 3. The average molecular weight is 1180 g/mol. The zero-order valence-corrected chi connectivity index (χ0v) is 49.3. The van der Waals surface area contributed by atoms with Gasteiger partial charge in [0, 0.05) is 105 Å². The Morgan fingerprint density at radius 3 is 2.18 bits per heavy atom. The summed E-state index contributed by atoms with van der Waals surface area (Å²) in [5, 5.41) is 16.7. The second-order valence-electron chi connectivity index (χ2n) is 21.5. The Morgan fingerprint density at radius 1 is 0.800 bits per heavy atom. The molecule has 6 aromatic rings. The van der Waals surface area contributed by atoms with Gasteiger partial charge in [0.1, 0.15) is 29.4 Å². The van der Waals surface area contributed by atoms with E-state index in [9.17, 15) is 43.5 Å². The number of imidazole rings is 1. The van der Waals surface area contributed by atoms with Gasteiger partial charge in [-0.05, 0) is 97.5 Å². The summed E-state index contributed by atoms with van der Waals surface area (Å²) in [5.74, 6) is -2.37. The number of nitrogens with zero attached hydrogens (tertiary/aromatic N) is 7. The highest BCUT2D eigenvalue weighted by Crippen LogP contribution is 2.47. The highest BCUT2D eigenvalue weighted by Gasteiger charge is 2.37. The molecule has 0 radical (unpaired) electrons. The number of aromatic hydroxyl groups is 1. The van der Waals surface area contributed by atoms with Gasteiger partial charge in [0.05, 0.1) is 50.4 Å². The largest absolute Gasteiger partial charge is 0.508 e. The maximum atomic E-state index is 14.6. The summed E-state index contributed by atoms with van der Waals surface area (Å²) in [5.41, 5.74) is 4.62. The number of rotatable bonds is 26. The molecule has 448 valence electrons. The zero-order valence-electron chi connectivity index (χ0n) is 48.5. The van der Waals surface area contributed by atoms with E-state index in [0.29, 0.717) is 39.2 Å². The topological polar surface area (TPSA) is 251 Å². The summed E-state index contributed by atoms with van der Waals surface area (Å²) in [6, 6.07) is 22.9. The van der Waals surface area contributed by atoms with Crippen LogP contribution in [0.25, 0.3) is 16.4 Å². The quantitative estimate of drug-likeness (QED) is 0.0265. The molecule has 0 saturated heterocycles. The highest BCUT2D eigenvalue weighted by atomic mass is 35.5. The third kappa shape index (κ3) is 15.4. The lowest BCUT2D eigenvalue weighted by Crippen LogP contribution is -2.42. The number of phenols is 1. The minimum absolute atomic E-state index is 0.00449. The van der Waals surface area contributed by atoms with E-state index in [4.69, 9.17) is 30.5 Å². The fraction of sp³-hybridized carbons (Fsp3) is 0.371. The van der Waals surface area contributed by atoms with Crippen molar-refractivity contribution in [3.05, 3.63) is 137 Å². The maximum absolute atomic E-state index is 14.6. The predicted octanol–water partition coefficient (Wildman–Crippen LogP) is 7.88. The molecule has 0 bridgehead atoms. The van der Waals surface area contributed by atoms with Crippen LogP contribution in [0.3, 0.4) is 0 Å². The van der Waals surface area contributed by atoms with E-state index >= 15 is 0 Å². The Morgan fingerprint density at radius 2 is 1.49 bits per heavy atom. The smallest absolute Gasteiger partial charge is 0.415 e. The Hall–Kier alpha value is -8.70. The first-order chi connectivity index (χ1) is 40.7. The van der Waals surface area contributed by atoms with E-state index in [1.165, 1.54) is 53.3 Å². The van der Waals surface area contributed by atoms with Gasteiger partial charge in [-0.3, -0.25) is 38.6 Å². The number of aromatic nitrogens is 2. The van der Waals surface area contributed by atoms with Crippen LogP contribution in [0.4, 0.5) is 26.7 Å². The molecular formula is C62H70ClN9O13. The molecular weight excluding hydrogens is 1110 g/mol. The third-order valence-electron chi connectivity index (χ3n) is 14.7. The van der Waals surface area contributed by atoms with E-state index < -0.39 is 41.7 Å². The minimum Gasteiger partial charge on any atom is -0.508 e. The number of halogens is 1. The van der Waals surface area contributed by atoms with E-state index in [0.717, 1.165) is 21.4 Å². The number of likely N-dealkylation sites (N-methyl/N-ethyl adjacent to an activating group) is 2. The number of benzene rings is 4. The molecule has 22 nitrogen and oxygen atoms in total. The van der Waals surface area contributed by atoms with Crippen molar-refractivity contribution in [2.45, 2.75) is 52.7 Å². The second-order valence-corrected chi connectivity index (χ2v) is 21.8. The molecule has 2 aliphatic rings. The van der Waals surface area contributed by atoms with Crippen LogP contribution in [-0.2, 0) is 40.0 Å². The molecule has 3 atom stereocenters. The minimum atomic E-state index is -0.780. The van der Waals surface area contributed by atoms with Crippen LogP contribution in [0.15, 0.2) is 109 Å².